The molecule has 0 bridgehead atoms. The summed E-state index contributed by atoms with van der Waals surface area (Å²) in [5.74, 6) is -0.808. The second-order valence-electron chi connectivity index (χ2n) is 6.08. The molecule has 1 aliphatic carbocycles. The highest BCUT2D eigenvalue weighted by atomic mass is 16.5. The predicted octanol–water partition coefficient (Wildman–Crippen LogP) is 2.21. The number of furan rings is 1. The molecule has 7 heteroatoms. The minimum Gasteiger partial charge on any atom is -0.463 e. The average Bonchev–Trinajstić information content (AvgIpc) is 2.99. The standard InChI is InChI=1S/C16H20N2O5/c1-22-13(19)12-11(6-9-23-12)10-18-14(20)16(17-15(18)21)7-4-2-3-5-8-16/h6,9H,2-5,7-8,10H2,1H3,(H,17,21). The minimum atomic E-state index is -0.775. The number of imide groups is 1. The average molecular weight is 320 g/mol. The Balaban J connectivity index is 1.81. The first-order valence-corrected chi connectivity index (χ1v) is 7.86. The molecular formula is C16H20N2O5. The van der Waals surface area contributed by atoms with Crippen molar-refractivity contribution in [3.05, 3.63) is 23.7 Å². The van der Waals surface area contributed by atoms with Crippen LogP contribution in [0.1, 0.15) is 54.6 Å². The Morgan fingerprint density at radius 2 is 2.00 bits per heavy atom. The van der Waals surface area contributed by atoms with Crippen LogP contribution in [0.25, 0.3) is 0 Å². The molecule has 0 unspecified atom stereocenters. The zero-order valence-corrected chi connectivity index (χ0v) is 13.1. The highest BCUT2D eigenvalue weighted by molar-refractivity contribution is 6.07. The van der Waals surface area contributed by atoms with Gasteiger partial charge in [-0.3, -0.25) is 9.69 Å². The molecule has 7 nitrogen and oxygen atoms in total. The topological polar surface area (TPSA) is 88.8 Å². The normalized spacial score (nSPS) is 20.5. The summed E-state index contributed by atoms with van der Waals surface area (Å²) in [5, 5.41) is 2.87. The number of hydrogen-bond acceptors (Lipinski definition) is 5. The van der Waals surface area contributed by atoms with Gasteiger partial charge in [0.1, 0.15) is 5.54 Å². The van der Waals surface area contributed by atoms with Crippen molar-refractivity contribution in [2.24, 2.45) is 0 Å². The maximum Gasteiger partial charge on any atom is 0.374 e. The van der Waals surface area contributed by atoms with Crippen LogP contribution in [-0.2, 0) is 16.1 Å². The molecule has 1 saturated carbocycles. The number of methoxy groups -OCH3 is 1. The largest absolute Gasteiger partial charge is 0.463 e. The van der Waals surface area contributed by atoms with Crippen LogP contribution in [0.5, 0.6) is 0 Å². The van der Waals surface area contributed by atoms with E-state index in [4.69, 9.17) is 4.42 Å². The van der Waals surface area contributed by atoms with Crippen molar-refractivity contribution in [2.45, 2.75) is 50.6 Å². The Bertz CT molecular complexity index is 628. The summed E-state index contributed by atoms with van der Waals surface area (Å²) in [6.07, 6.45) is 6.71. The van der Waals surface area contributed by atoms with E-state index in [1.54, 1.807) is 6.07 Å². The van der Waals surface area contributed by atoms with E-state index in [1.807, 2.05) is 0 Å². The van der Waals surface area contributed by atoms with E-state index < -0.39 is 17.5 Å². The lowest BCUT2D eigenvalue weighted by Gasteiger charge is -2.24. The highest BCUT2D eigenvalue weighted by Crippen LogP contribution is 2.33. The first kappa shape index (κ1) is 15.6. The summed E-state index contributed by atoms with van der Waals surface area (Å²) in [6, 6.07) is 1.17. The van der Waals surface area contributed by atoms with E-state index >= 15 is 0 Å². The first-order chi connectivity index (χ1) is 11.1. The highest BCUT2D eigenvalue weighted by Gasteiger charge is 2.50. The van der Waals surface area contributed by atoms with Crippen LogP contribution in [-0.4, -0.2) is 35.5 Å². The van der Waals surface area contributed by atoms with Gasteiger partial charge < -0.3 is 14.5 Å². The number of rotatable bonds is 3. The fraction of sp³-hybridized carbons (Fsp3) is 0.562. The van der Waals surface area contributed by atoms with Gasteiger partial charge in [-0.2, -0.15) is 0 Å². The van der Waals surface area contributed by atoms with Gasteiger partial charge in [0.25, 0.3) is 5.91 Å². The van der Waals surface area contributed by atoms with Gasteiger partial charge in [0.2, 0.25) is 5.76 Å². The Kier molecular flexibility index (Phi) is 4.11. The maximum atomic E-state index is 12.8. The third kappa shape index (κ3) is 2.71. The monoisotopic (exact) mass is 320 g/mol. The van der Waals surface area contributed by atoms with Gasteiger partial charge in [0.05, 0.1) is 19.9 Å². The number of esters is 1. The SMILES string of the molecule is COC(=O)c1occc1CN1C(=O)NC2(CCCCCC2)C1=O. The van der Waals surface area contributed by atoms with Gasteiger partial charge in [0.15, 0.2) is 0 Å². The molecule has 1 aromatic heterocycles. The van der Waals surface area contributed by atoms with Crippen molar-refractivity contribution in [2.75, 3.05) is 7.11 Å². The Morgan fingerprint density at radius 3 is 2.65 bits per heavy atom. The van der Waals surface area contributed by atoms with Crippen molar-refractivity contribution in [1.82, 2.24) is 10.2 Å². The molecule has 0 radical (unpaired) electrons. The fourth-order valence-electron chi connectivity index (χ4n) is 3.39. The molecule has 1 spiro atoms. The van der Waals surface area contributed by atoms with Gasteiger partial charge in [-0.15, -0.1) is 0 Å². The number of nitrogens with one attached hydrogen (secondary N) is 1. The molecule has 1 N–H and O–H groups in total. The van der Waals surface area contributed by atoms with Crippen LogP contribution >= 0.6 is 0 Å². The fourth-order valence-corrected chi connectivity index (χ4v) is 3.39. The van der Waals surface area contributed by atoms with Gasteiger partial charge in [-0.25, -0.2) is 9.59 Å². The number of ether oxygens (including phenoxy) is 1. The van der Waals surface area contributed by atoms with Crippen LogP contribution < -0.4 is 5.32 Å². The van der Waals surface area contributed by atoms with Gasteiger partial charge >= 0.3 is 12.0 Å². The number of carbonyl (C=O) groups is 3. The molecule has 3 rings (SSSR count). The number of nitrogens with zero attached hydrogens (tertiary/aromatic N) is 1. The van der Waals surface area contributed by atoms with Crippen molar-refractivity contribution in [3.63, 3.8) is 0 Å². The summed E-state index contributed by atoms with van der Waals surface area (Å²) in [6.45, 7) is 0.00729. The summed E-state index contributed by atoms with van der Waals surface area (Å²) in [4.78, 5) is 37.9. The quantitative estimate of drug-likeness (QED) is 0.681. The number of hydrogen-bond donors (Lipinski definition) is 1. The molecule has 2 fully saturated rings. The van der Waals surface area contributed by atoms with Crippen LogP contribution in [0.3, 0.4) is 0 Å². The van der Waals surface area contributed by atoms with E-state index in [0.717, 1.165) is 25.7 Å². The van der Waals surface area contributed by atoms with E-state index in [1.165, 1.54) is 18.3 Å². The first-order valence-electron chi connectivity index (χ1n) is 7.86. The number of urea groups is 1. The molecule has 2 heterocycles. The summed E-state index contributed by atoms with van der Waals surface area (Å²) in [5.41, 5.74) is -0.311. The van der Waals surface area contributed by atoms with Crippen molar-refractivity contribution in [3.8, 4) is 0 Å². The predicted molar refractivity (Wildman–Crippen MR) is 79.6 cm³/mol. The van der Waals surface area contributed by atoms with E-state index in [2.05, 4.69) is 10.1 Å². The molecule has 2 aliphatic rings. The minimum absolute atomic E-state index is 0.00729. The number of carbonyl (C=O) groups excluding carboxylic acids is 3. The van der Waals surface area contributed by atoms with Gasteiger partial charge in [0, 0.05) is 5.56 Å². The number of amides is 3. The lowest BCUT2D eigenvalue weighted by atomic mass is 9.90. The summed E-state index contributed by atoms with van der Waals surface area (Å²) in [7, 11) is 1.25. The smallest absolute Gasteiger partial charge is 0.374 e. The second-order valence-corrected chi connectivity index (χ2v) is 6.08. The molecule has 1 aliphatic heterocycles. The van der Waals surface area contributed by atoms with Crippen LogP contribution in [0.2, 0.25) is 0 Å². The second kappa shape index (κ2) is 6.06. The third-order valence-corrected chi connectivity index (χ3v) is 4.65. The molecule has 3 amide bonds. The molecule has 124 valence electrons. The molecule has 1 aromatic rings. The lowest BCUT2D eigenvalue weighted by Crippen LogP contribution is -2.46. The molecule has 0 atom stereocenters. The van der Waals surface area contributed by atoms with Crippen molar-refractivity contribution in [1.29, 1.82) is 0 Å². The Morgan fingerprint density at radius 1 is 1.30 bits per heavy atom. The van der Waals surface area contributed by atoms with E-state index in [9.17, 15) is 14.4 Å². The summed E-state index contributed by atoms with van der Waals surface area (Å²) >= 11 is 0. The Labute approximate surface area is 134 Å². The molecule has 23 heavy (non-hydrogen) atoms. The lowest BCUT2D eigenvalue weighted by molar-refractivity contribution is -0.132. The van der Waals surface area contributed by atoms with Gasteiger partial charge in [-0.05, 0) is 18.9 Å². The zero-order chi connectivity index (χ0) is 16.4. The van der Waals surface area contributed by atoms with E-state index in [0.29, 0.717) is 18.4 Å². The van der Waals surface area contributed by atoms with Crippen molar-refractivity contribution >= 4 is 17.9 Å². The van der Waals surface area contributed by atoms with Crippen LogP contribution in [0.15, 0.2) is 16.7 Å². The molecule has 0 aromatic carbocycles. The van der Waals surface area contributed by atoms with Gasteiger partial charge in [-0.1, -0.05) is 25.7 Å². The van der Waals surface area contributed by atoms with Crippen molar-refractivity contribution < 1.29 is 23.5 Å². The summed E-state index contributed by atoms with van der Waals surface area (Å²) < 4.78 is 9.75. The molecule has 1 saturated heterocycles. The maximum absolute atomic E-state index is 12.8. The van der Waals surface area contributed by atoms with Crippen LogP contribution in [0.4, 0.5) is 4.79 Å². The molecular weight excluding hydrogens is 300 g/mol. The zero-order valence-electron chi connectivity index (χ0n) is 13.1. The van der Waals surface area contributed by atoms with E-state index in [-0.39, 0.29) is 18.2 Å². The Hall–Kier alpha value is -2.31. The van der Waals surface area contributed by atoms with Crippen LogP contribution in [0, 0.1) is 0 Å². The third-order valence-electron chi connectivity index (χ3n) is 4.65.